The van der Waals surface area contributed by atoms with E-state index in [4.69, 9.17) is 14.2 Å². The molecule has 2 aromatic carbocycles. The highest BCUT2D eigenvalue weighted by molar-refractivity contribution is 5.14. The Balaban J connectivity index is 1.55. The molecule has 3 nitrogen and oxygen atoms in total. The fourth-order valence-corrected chi connectivity index (χ4v) is 2.78. The molecule has 1 fully saturated rings. The summed E-state index contributed by atoms with van der Waals surface area (Å²) in [7, 11) is 0. The lowest BCUT2D eigenvalue weighted by atomic mass is 10.1. The second-order valence-corrected chi connectivity index (χ2v) is 5.97. The van der Waals surface area contributed by atoms with Crippen LogP contribution in [0.15, 0.2) is 60.7 Å². The molecule has 1 atom stereocenters. The Morgan fingerprint density at radius 3 is 2.09 bits per heavy atom. The van der Waals surface area contributed by atoms with Gasteiger partial charge < -0.3 is 14.2 Å². The first-order valence-corrected chi connectivity index (χ1v) is 8.30. The molecule has 1 unspecified atom stereocenters. The van der Waals surface area contributed by atoms with Crippen LogP contribution in [0.2, 0.25) is 0 Å². The Hall–Kier alpha value is -1.68. The van der Waals surface area contributed by atoms with E-state index < -0.39 is 5.79 Å². The van der Waals surface area contributed by atoms with Crippen LogP contribution >= 0.6 is 0 Å². The first-order valence-electron chi connectivity index (χ1n) is 8.30. The van der Waals surface area contributed by atoms with E-state index in [0.717, 1.165) is 31.4 Å². The maximum atomic E-state index is 6.15. The number of rotatable bonds is 7. The van der Waals surface area contributed by atoms with Crippen molar-refractivity contribution in [3.8, 4) is 0 Å². The summed E-state index contributed by atoms with van der Waals surface area (Å²) in [6, 6.07) is 20.4. The summed E-state index contributed by atoms with van der Waals surface area (Å²) in [5, 5.41) is 0. The molecule has 0 saturated carbocycles. The van der Waals surface area contributed by atoms with Gasteiger partial charge in [-0.25, -0.2) is 0 Å². The van der Waals surface area contributed by atoms with Crippen LogP contribution in [0.25, 0.3) is 0 Å². The molecule has 0 N–H and O–H groups in total. The molecule has 3 heteroatoms. The van der Waals surface area contributed by atoms with E-state index in [9.17, 15) is 0 Å². The highest BCUT2D eigenvalue weighted by Crippen LogP contribution is 2.28. The second-order valence-electron chi connectivity index (χ2n) is 5.97. The van der Waals surface area contributed by atoms with Crippen LogP contribution in [0.5, 0.6) is 0 Å². The van der Waals surface area contributed by atoms with Crippen molar-refractivity contribution < 1.29 is 14.2 Å². The zero-order valence-electron chi connectivity index (χ0n) is 13.4. The summed E-state index contributed by atoms with van der Waals surface area (Å²) < 4.78 is 18.0. The Morgan fingerprint density at radius 2 is 1.48 bits per heavy atom. The van der Waals surface area contributed by atoms with Crippen molar-refractivity contribution >= 4 is 0 Å². The van der Waals surface area contributed by atoms with Gasteiger partial charge in [0.2, 0.25) is 0 Å². The summed E-state index contributed by atoms with van der Waals surface area (Å²) >= 11 is 0. The first-order chi connectivity index (χ1) is 11.4. The lowest BCUT2D eigenvalue weighted by Crippen LogP contribution is -2.43. The van der Waals surface area contributed by atoms with Gasteiger partial charge in [-0.3, -0.25) is 0 Å². The van der Waals surface area contributed by atoms with Crippen molar-refractivity contribution in [2.45, 2.75) is 38.3 Å². The molecule has 1 heterocycles. The number of hydrogen-bond donors (Lipinski definition) is 0. The molecule has 23 heavy (non-hydrogen) atoms. The SMILES string of the molecule is c1ccc(COCC2(OCc3ccccc3)CCCCO2)cc1. The summed E-state index contributed by atoms with van der Waals surface area (Å²) in [6.07, 6.45) is 3.09. The van der Waals surface area contributed by atoms with Crippen molar-refractivity contribution in [1.29, 1.82) is 0 Å². The average molecular weight is 312 g/mol. The molecular weight excluding hydrogens is 288 g/mol. The van der Waals surface area contributed by atoms with Crippen molar-refractivity contribution in [2.24, 2.45) is 0 Å². The zero-order valence-corrected chi connectivity index (χ0v) is 13.4. The number of benzene rings is 2. The molecule has 3 rings (SSSR count). The average Bonchev–Trinajstić information content (AvgIpc) is 2.63. The summed E-state index contributed by atoms with van der Waals surface area (Å²) in [6.45, 7) is 2.34. The third-order valence-corrected chi connectivity index (χ3v) is 4.10. The van der Waals surface area contributed by atoms with Gasteiger partial charge in [0.05, 0.1) is 19.8 Å². The summed E-state index contributed by atoms with van der Waals surface area (Å²) in [5.74, 6) is -0.608. The highest BCUT2D eigenvalue weighted by atomic mass is 16.7. The van der Waals surface area contributed by atoms with Gasteiger partial charge in [0.1, 0.15) is 6.61 Å². The summed E-state index contributed by atoms with van der Waals surface area (Å²) in [4.78, 5) is 0. The standard InChI is InChI=1S/C20H24O3/c1-3-9-18(10-4-1)15-21-17-20(13-7-8-14-22-20)23-16-19-11-5-2-6-12-19/h1-6,9-12H,7-8,13-17H2. The molecule has 1 saturated heterocycles. The minimum absolute atomic E-state index is 0.467. The van der Waals surface area contributed by atoms with E-state index >= 15 is 0 Å². The van der Waals surface area contributed by atoms with Gasteiger partial charge in [-0.15, -0.1) is 0 Å². The molecule has 2 aromatic rings. The van der Waals surface area contributed by atoms with Gasteiger partial charge in [-0.1, -0.05) is 60.7 Å². The van der Waals surface area contributed by atoms with Crippen LogP contribution < -0.4 is 0 Å². The van der Waals surface area contributed by atoms with Gasteiger partial charge >= 0.3 is 0 Å². The molecule has 0 radical (unpaired) electrons. The van der Waals surface area contributed by atoms with Crippen LogP contribution in [0.4, 0.5) is 0 Å². The minimum atomic E-state index is -0.608. The van der Waals surface area contributed by atoms with E-state index in [1.165, 1.54) is 5.56 Å². The van der Waals surface area contributed by atoms with Crippen molar-refractivity contribution in [3.63, 3.8) is 0 Å². The van der Waals surface area contributed by atoms with Crippen molar-refractivity contribution in [3.05, 3.63) is 71.8 Å². The minimum Gasteiger partial charge on any atom is -0.371 e. The van der Waals surface area contributed by atoms with E-state index in [1.807, 2.05) is 36.4 Å². The van der Waals surface area contributed by atoms with Crippen LogP contribution in [0.1, 0.15) is 30.4 Å². The van der Waals surface area contributed by atoms with E-state index in [0.29, 0.717) is 19.8 Å². The maximum Gasteiger partial charge on any atom is 0.192 e. The van der Waals surface area contributed by atoms with E-state index in [1.54, 1.807) is 0 Å². The van der Waals surface area contributed by atoms with E-state index in [-0.39, 0.29) is 0 Å². The fourth-order valence-electron chi connectivity index (χ4n) is 2.78. The molecule has 0 spiro atoms. The van der Waals surface area contributed by atoms with Gasteiger partial charge in [0, 0.05) is 6.42 Å². The predicted molar refractivity (Wildman–Crippen MR) is 89.9 cm³/mol. The quantitative estimate of drug-likeness (QED) is 0.762. The van der Waals surface area contributed by atoms with Crippen LogP contribution in [0, 0.1) is 0 Å². The smallest absolute Gasteiger partial charge is 0.192 e. The van der Waals surface area contributed by atoms with Crippen molar-refractivity contribution in [2.75, 3.05) is 13.2 Å². The van der Waals surface area contributed by atoms with Crippen molar-refractivity contribution in [1.82, 2.24) is 0 Å². The molecule has 122 valence electrons. The lowest BCUT2D eigenvalue weighted by molar-refractivity contribution is -0.284. The Kier molecular flexibility index (Phi) is 5.81. The first kappa shape index (κ1) is 16.2. The highest BCUT2D eigenvalue weighted by Gasteiger charge is 2.34. The number of hydrogen-bond acceptors (Lipinski definition) is 3. The van der Waals surface area contributed by atoms with Gasteiger partial charge in [0.25, 0.3) is 0 Å². The van der Waals surface area contributed by atoms with Crippen LogP contribution in [-0.4, -0.2) is 19.0 Å². The second kappa shape index (κ2) is 8.25. The molecule has 0 aromatic heterocycles. The Bertz CT molecular complexity index is 562. The van der Waals surface area contributed by atoms with Crippen LogP contribution in [-0.2, 0) is 27.4 Å². The predicted octanol–water partition coefficient (Wildman–Crippen LogP) is 4.32. The molecule has 0 bridgehead atoms. The van der Waals surface area contributed by atoms with Gasteiger partial charge in [-0.05, 0) is 24.0 Å². The normalized spacial score (nSPS) is 21.2. The topological polar surface area (TPSA) is 27.7 Å². The Labute approximate surface area is 138 Å². The third-order valence-electron chi connectivity index (χ3n) is 4.10. The molecule has 1 aliphatic rings. The Morgan fingerprint density at radius 1 is 0.826 bits per heavy atom. The maximum absolute atomic E-state index is 6.15. The summed E-state index contributed by atoms with van der Waals surface area (Å²) in [5.41, 5.74) is 2.32. The van der Waals surface area contributed by atoms with Gasteiger partial charge in [0.15, 0.2) is 5.79 Å². The van der Waals surface area contributed by atoms with Gasteiger partial charge in [-0.2, -0.15) is 0 Å². The molecule has 0 amide bonds. The molecule has 0 aliphatic carbocycles. The fraction of sp³-hybridized carbons (Fsp3) is 0.400. The van der Waals surface area contributed by atoms with Crippen LogP contribution in [0.3, 0.4) is 0 Å². The largest absolute Gasteiger partial charge is 0.371 e. The lowest BCUT2D eigenvalue weighted by Gasteiger charge is -2.36. The monoisotopic (exact) mass is 312 g/mol. The molecular formula is C20H24O3. The third kappa shape index (κ3) is 4.90. The van der Waals surface area contributed by atoms with E-state index in [2.05, 4.69) is 24.3 Å². The zero-order chi connectivity index (χ0) is 15.8. The number of ether oxygens (including phenoxy) is 3. The molecule has 1 aliphatic heterocycles.